The van der Waals surface area contributed by atoms with Crippen LogP contribution in [0.5, 0.6) is 0 Å². The van der Waals surface area contributed by atoms with Crippen LogP contribution in [0.25, 0.3) is 0 Å². The van der Waals surface area contributed by atoms with E-state index in [4.69, 9.17) is 11.5 Å². The fraction of sp³-hybridized carbons (Fsp3) is 0.692. The number of anilines is 1. The largest absolute Gasteiger partial charge is 0.383 e. The Hall–Kier alpha value is -1.52. The van der Waals surface area contributed by atoms with Crippen molar-refractivity contribution in [1.29, 1.82) is 0 Å². The Morgan fingerprint density at radius 1 is 1.22 bits per heavy atom. The lowest BCUT2D eigenvalue weighted by molar-refractivity contribution is 0.100. The minimum Gasteiger partial charge on any atom is -0.383 e. The number of hydrogen-bond donors (Lipinski definition) is 2. The first kappa shape index (κ1) is 14.5. The highest BCUT2D eigenvalue weighted by Gasteiger charge is 2.16. The number of nitrogens with two attached hydrogens (primary N) is 2. The molecule has 1 aromatic rings. The standard InChI is InChI=1S/C13H24N4O/c1-3-4-5-6-7-8-9-17-12(14)11(13(15)18)10(2)16-17/h3-9,14H2,1-2H3,(H2,15,18). The minimum absolute atomic E-state index is 0.362. The van der Waals surface area contributed by atoms with Gasteiger partial charge in [-0.05, 0) is 13.3 Å². The molecule has 0 fully saturated rings. The number of carbonyl (C=O) groups excluding carboxylic acids is 1. The normalized spacial score (nSPS) is 10.8. The molecule has 0 saturated heterocycles. The molecule has 1 aromatic heterocycles. The maximum absolute atomic E-state index is 11.2. The average Bonchev–Trinajstić information content (AvgIpc) is 2.59. The molecule has 1 rings (SSSR count). The van der Waals surface area contributed by atoms with Crippen LogP contribution in [-0.4, -0.2) is 15.7 Å². The highest BCUT2D eigenvalue weighted by atomic mass is 16.1. The van der Waals surface area contributed by atoms with E-state index in [1.165, 1.54) is 32.1 Å². The van der Waals surface area contributed by atoms with Gasteiger partial charge in [-0.1, -0.05) is 39.0 Å². The third-order valence-electron chi connectivity index (χ3n) is 3.14. The molecule has 0 aliphatic rings. The summed E-state index contributed by atoms with van der Waals surface area (Å²) in [5, 5.41) is 4.26. The van der Waals surface area contributed by atoms with Crippen molar-refractivity contribution in [2.75, 3.05) is 5.73 Å². The Labute approximate surface area is 109 Å². The fourth-order valence-electron chi connectivity index (χ4n) is 2.12. The third-order valence-corrected chi connectivity index (χ3v) is 3.14. The van der Waals surface area contributed by atoms with Crippen LogP contribution in [0.3, 0.4) is 0 Å². The van der Waals surface area contributed by atoms with Gasteiger partial charge >= 0.3 is 0 Å². The number of carbonyl (C=O) groups is 1. The highest BCUT2D eigenvalue weighted by Crippen LogP contribution is 2.16. The maximum Gasteiger partial charge on any atom is 0.254 e. The van der Waals surface area contributed by atoms with Crippen molar-refractivity contribution in [1.82, 2.24) is 9.78 Å². The van der Waals surface area contributed by atoms with Crippen LogP contribution >= 0.6 is 0 Å². The van der Waals surface area contributed by atoms with Crippen molar-refractivity contribution >= 4 is 11.7 Å². The number of nitrogens with zero attached hydrogens (tertiary/aromatic N) is 2. The van der Waals surface area contributed by atoms with Crippen molar-refractivity contribution in [3.05, 3.63) is 11.3 Å². The summed E-state index contributed by atoms with van der Waals surface area (Å²) in [5.41, 5.74) is 12.1. The van der Waals surface area contributed by atoms with Crippen LogP contribution in [0.15, 0.2) is 0 Å². The predicted molar refractivity (Wildman–Crippen MR) is 73.3 cm³/mol. The van der Waals surface area contributed by atoms with E-state index in [1.54, 1.807) is 11.6 Å². The smallest absolute Gasteiger partial charge is 0.254 e. The topological polar surface area (TPSA) is 86.9 Å². The molecule has 0 aliphatic heterocycles. The molecule has 0 aromatic carbocycles. The number of aromatic nitrogens is 2. The molecule has 4 N–H and O–H groups in total. The number of amides is 1. The molecular formula is C13H24N4O. The van der Waals surface area contributed by atoms with E-state index in [0.717, 1.165) is 13.0 Å². The first-order valence-corrected chi connectivity index (χ1v) is 6.70. The molecule has 5 heteroatoms. The van der Waals surface area contributed by atoms with Crippen LogP contribution in [0, 0.1) is 6.92 Å². The molecule has 5 nitrogen and oxygen atoms in total. The Kier molecular flexibility index (Phi) is 5.68. The van der Waals surface area contributed by atoms with Gasteiger partial charge in [0.1, 0.15) is 11.4 Å². The zero-order chi connectivity index (χ0) is 13.5. The number of rotatable bonds is 8. The average molecular weight is 252 g/mol. The fourth-order valence-corrected chi connectivity index (χ4v) is 2.12. The Balaban J connectivity index is 2.44. The summed E-state index contributed by atoms with van der Waals surface area (Å²) in [6.07, 6.45) is 7.30. The lowest BCUT2D eigenvalue weighted by atomic mass is 10.1. The number of unbranched alkanes of at least 4 members (excludes halogenated alkanes) is 5. The highest BCUT2D eigenvalue weighted by molar-refractivity contribution is 5.98. The van der Waals surface area contributed by atoms with Gasteiger partial charge in [0.25, 0.3) is 5.91 Å². The quantitative estimate of drug-likeness (QED) is 0.695. The van der Waals surface area contributed by atoms with Gasteiger partial charge in [0.2, 0.25) is 0 Å². The van der Waals surface area contributed by atoms with Gasteiger partial charge in [0, 0.05) is 6.54 Å². The van der Waals surface area contributed by atoms with Crippen molar-refractivity contribution < 1.29 is 4.79 Å². The molecule has 0 atom stereocenters. The zero-order valence-electron chi connectivity index (χ0n) is 11.4. The van der Waals surface area contributed by atoms with Gasteiger partial charge in [0.15, 0.2) is 0 Å². The summed E-state index contributed by atoms with van der Waals surface area (Å²) >= 11 is 0. The molecule has 0 spiro atoms. The van der Waals surface area contributed by atoms with Gasteiger partial charge < -0.3 is 11.5 Å². The SMILES string of the molecule is CCCCCCCCn1nc(C)c(C(N)=O)c1N. The molecule has 1 amide bonds. The number of aryl methyl sites for hydroxylation is 2. The molecule has 0 unspecified atom stereocenters. The van der Waals surface area contributed by atoms with E-state index in [-0.39, 0.29) is 0 Å². The Bertz CT molecular complexity index is 398. The third kappa shape index (κ3) is 3.75. The van der Waals surface area contributed by atoms with E-state index in [9.17, 15) is 4.79 Å². The summed E-state index contributed by atoms with van der Waals surface area (Å²) in [5.74, 6) is -0.104. The molecule has 0 saturated carbocycles. The van der Waals surface area contributed by atoms with Gasteiger partial charge in [0.05, 0.1) is 5.69 Å². The maximum atomic E-state index is 11.2. The summed E-state index contributed by atoms with van der Waals surface area (Å²) in [6, 6.07) is 0. The molecule has 0 aliphatic carbocycles. The van der Waals surface area contributed by atoms with Gasteiger partial charge in [-0.15, -0.1) is 0 Å². The second-order valence-corrected chi connectivity index (χ2v) is 4.70. The van der Waals surface area contributed by atoms with E-state index in [0.29, 0.717) is 17.1 Å². The van der Waals surface area contributed by atoms with E-state index in [2.05, 4.69) is 12.0 Å². The van der Waals surface area contributed by atoms with Crippen LogP contribution in [0.1, 0.15) is 61.5 Å². The Morgan fingerprint density at radius 2 is 1.83 bits per heavy atom. The molecule has 0 bridgehead atoms. The van der Waals surface area contributed by atoms with Gasteiger partial charge in [-0.25, -0.2) is 4.68 Å². The predicted octanol–water partition coefficient (Wildman–Crippen LogP) is 2.23. The summed E-state index contributed by atoms with van der Waals surface area (Å²) in [6.45, 7) is 4.72. The number of primary amides is 1. The molecule has 0 radical (unpaired) electrons. The minimum atomic E-state index is -0.501. The first-order chi connectivity index (χ1) is 8.57. The van der Waals surface area contributed by atoms with Crippen LogP contribution in [0.2, 0.25) is 0 Å². The number of nitrogen functional groups attached to an aromatic ring is 1. The second-order valence-electron chi connectivity index (χ2n) is 4.70. The Morgan fingerprint density at radius 3 is 2.39 bits per heavy atom. The van der Waals surface area contributed by atoms with Crippen molar-refractivity contribution in [2.45, 2.75) is 58.9 Å². The second kappa shape index (κ2) is 7.03. The molecule has 1 heterocycles. The van der Waals surface area contributed by atoms with Crippen LogP contribution in [-0.2, 0) is 6.54 Å². The molecule has 18 heavy (non-hydrogen) atoms. The molecular weight excluding hydrogens is 228 g/mol. The summed E-state index contributed by atoms with van der Waals surface area (Å²) in [4.78, 5) is 11.2. The first-order valence-electron chi connectivity index (χ1n) is 6.70. The molecule has 102 valence electrons. The summed E-state index contributed by atoms with van der Waals surface area (Å²) in [7, 11) is 0. The monoisotopic (exact) mass is 252 g/mol. The van der Waals surface area contributed by atoms with E-state index in [1.807, 2.05) is 0 Å². The van der Waals surface area contributed by atoms with Crippen LogP contribution in [0.4, 0.5) is 5.82 Å². The lowest BCUT2D eigenvalue weighted by Crippen LogP contribution is -2.14. The van der Waals surface area contributed by atoms with E-state index < -0.39 is 5.91 Å². The van der Waals surface area contributed by atoms with Gasteiger partial charge in [-0.3, -0.25) is 4.79 Å². The van der Waals surface area contributed by atoms with Crippen molar-refractivity contribution in [2.24, 2.45) is 5.73 Å². The van der Waals surface area contributed by atoms with Crippen molar-refractivity contribution in [3.8, 4) is 0 Å². The zero-order valence-corrected chi connectivity index (χ0v) is 11.4. The number of hydrogen-bond acceptors (Lipinski definition) is 3. The van der Waals surface area contributed by atoms with Crippen LogP contribution < -0.4 is 11.5 Å². The van der Waals surface area contributed by atoms with Crippen molar-refractivity contribution in [3.63, 3.8) is 0 Å². The van der Waals surface area contributed by atoms with E-state index >= 15 is 0 Å². The summed E-state index contributed by atoms with van der Waals surface area (Å²) < 4.78 is 1.69. The van der Waals surface area contributed by atoms with Gasteiger partial charge in [-0.2, -0.15) is 5.10 Å². The lowest BCUT2D eigenvalue weighted by Gasteiger charge is -2.04.